The first-order chi connectivity index (χ1) is 8.70. The summed E-state index contributed by atoms with van der Waals surface area (Å²) >= 11 is 13.6. The van der Waals surface area contributed by atoms with E-state index in [0.29, 0.717) is 10.0 Å². The van der Waals surface area contributed by atoms with Crippen LogP contribution in [0, 0.1) is 0 Å². The SMILES string of the molecule is CCNC(Cc1ccc(Cl)c(Cl)c1)c1cscn1. The molecule has 18 heavy (non-hydrogen) atoms. The third-order valence-electron chi connectivity index (χ3n) is 2.68. The molecule has 0 saturated heterocycles. The van der Waals surface area contributed by atoms with Gasteiger partial charge < -0.3 is 5.32 Å². The second-order valence-electron chi connectivity index (χ2n) is 3.98. The fourth-order valence-electron chi connectivity index (χ4n) is 1.82. The molecule has 0 saturated carbocycles. The van der Waals surface area contributed by atoms with Gasteiger partial charge in [0.25, 0.3) is 0 Å². The van der Waals surface area contributed by atoms with Crippen molar-refractivity contribution < 1.29 is 0 Å². The molecule has 2 rings (SSSR count). The number of thiazole rings is 1. The molecule has 5 heteroatoms. The Kier molecular flexibility index (Phi) is 5.01. The standard InChI is InChI=1S/C13H14Cl2N2S/c1-2-16-12(13-7-18-8-17-13)6-9-3-4-10(14)11(15)5-9/h3-5,7-8,12,16H,2,6H2,1H3. The van der Waals surface area contributed by atoms with E-state index in [0.717, 1.165) is 24.2 Å². The maximum Gasteiger partial charge on any atom is 0.0795 e. The third kappa shape index (κ3) is 3.45. The molecule has 0 bridgehead atoms. The molecule has 0 spiro atoms. The lowest BCUT2D eigenvalue weighted by atomic mass is 10.0. The zero-order chi connectivity index (χ0) is 13.0. The number of nitrogens with zero attached hydrogens (tertiary/aromatic N) is 1. The predicted molar refractivity (Wildman–Crippen MR) is 78.7 cm³/mol. The Morgan fingerprint density at radius 1 is 1.33 bits per heavy atom. The van der Waals surface area contributed by atoms with E-state index in [1.54, 1.807) is 11.3 Å². The summed E-state index contributed by atoms with van der Waals surface area (Å²) in [5, 5.41) is 6.70. The van der Waals surface area contributed by atoms with E-state index in [-0.39, 0.29) is 6.04 Å². The molecule has 0 radical (unpaired) electrons. The first kappa shape index (κ1) is 13.8. The summed E-state index contributed by atoms with van der Waals surface area (Å²) in [6.45, 7) is 3.00. The van der Waals surface area contributed by atoms with Crippen LogP contribution in [0.15, 0.2) is 29.1 Å². The molecule has 0 amide bonds. The summed E-state index contributed by atoms with van der Waals surface area (Å²) in [7, 11) is 0. The van der Waals surface area contributed by atoms with E-state index < -0.39 is 0 Å². The molecule has 1 aromatic heterocycles. The molecular weight excluding hydrogens is 287 g/mol. The van der Waals surface area contributed by atoms with Crippen LogP contribution in [0.1, 0.15) is 24.2 Å². The van der Waals surface area contributed by atoms with E-state index in [4.69, 9.17) is 23.2 Å². The van der Waals surface area contributed by atoms with Crippen LogP contribution in [0.4, 0.5) is 0 Å². The topological polar surface area (TPSA) is 24.9 Å². The van der Waals surface area contributed by atoms with Crippen molar-refractivity contribution >= 4 is 34.5 Å². The highest BCUT2D eigenvalue weighted by atomic mass is 35.5. The van der Waals surface area contributed by atoms with Crippen molar-refractivity contribution in [2.45, 2.75) is 19.4 Å². The first-order valence-corrected chi connectivity index (χ1v) is 7.46. The number of benzene rings is 1. The average Bonchev–Trinajstić information content (AvgIpc) is 2.87. The van der Waals surface area contributed by atoms with Crippen LogP contribution in [-0.2, 0) is 6.42 Å². The Hall–Kier alpha value is -0.610. The highest BCUT2D eigenvalue weighted by Gasteiger charge is 2.13. The monoisotopic (exact) mass is 300 g/mol. The van der Waals surface area contributed by atoms with Crippen LogP contribution in [0.2, 0.25) is 10.0 Å². The summed E-state index contributed by atoms with van der Waals surface area (Å²) in [4.78, 5) is 4.37. The third-order valence-corrected chi connectivity index (χ3v) is 4.03. The number of hydrogen-bond acceptors (Lipinski definition) is 3. The summed E-state index contributed by atoms with van der Waals surface area (Å²) in [6.07, 6.45) is 0.856. The summed E-state index contributed by atoms with van der Waals surface area (Å²) in [5.74, 6) is 0. The van der Waals surface area contributed by atoms with Crippen LogP contribution in [0.25, 0.3) is 0 Å². The number of hydrogen-bond donors (Lipinski definition) is 1. The molecule has 1 unspecified atom stereocenters. The second-order valence-corrected chi connectivity index (χ2v) is 5.51. The van der Waals surface area contributed by atoms with Gasteiger partial charge in [-0.2, -0.15) is 0 Å². The van der Waals surface area contributed by atoms with Gasteiger partial charge in [0, 0.05) is 5.38 Å². The van der Waals surface area contributed by atoms with Crippen molar-refractivity contribution in [3.05, 3.63) is 50.4 Å². The van der Waals surface area contributed by atoms with Gasteiger partial charge in [-0.25, -0.2) is 4.98 Å². The van der Waals surface area contributed by atoms with Gasteiger partial charge >= 0.3 is 0 Å². The lowest BCUT2D eigenvalue weighted by molar-refractivity contribution is 0.539. The number of halogens is 2. The van der Waals surface area contributed by atoms with Crippen LogP contribution in [0.3, 0.4) is 0 Å². The molecule has 2 aromatic rings. The maximum absolute atomic E-state index is 6.03. The minimum absolute atomic E-state index is 0.221. The zero-order valence-electron chi connectivity index (χ0n) is 9.99. The average molecular weight is 301 g/mol. The molecule has 2 nitrogen and oxygen atoms in total. The van der Waals surface area contributed by atoms with Gasteiger partial charge in [-0.3, -0.25) is 0 Å². The van der Waals surface area contributed by atoms with Crippen molar-refractivity contribution in [2.24, 2.45) is 0 Å². The lowest BCUT2D eigenvalue weighted by Gasteiger charge is -2.16. The second kappa shape index (κ2) is 6.53. The van der Waals surface area contributed by atoms with Crippen molar-refractivity contribution in [2.75, 3.05) is 6.54 Å². The number of likely N-dealkylation sites (N-methyl/N-ethyl adjacent to an activating group) is 1. The van der Waals surface area contributed by atoms with Gasteiger partial charge in [-0.1, -0.05) is 36.2 Å². The minimum Gasteiger partial charge on any atom is -0.309 e. The van der Waals surface area contributed by atoms with E-state index in [1.165, 1.54) is 0 Å². The van der Waals surface area contributed by atoms with E-state index >= 15 is 0 Å². The summed E-state index contributed by atoms with van der Waals surface area (Å²) in [6, 6.07) is 5.98. The van der Waals surface area contributed by atoms with Gasteiger partial charge in [0.05, 0.1) is 27.3 Å². The summed E-state index contributed by atoms with van der Waals surface area (Å²) in [5.41, 5.74) is 4.09. The molecule has 1 aromatic carbocycles. The van der Waals surface area contributed by atoms with Crippen molar-refractivity contribution in [1.29, 1.82) is 0 Å². The zero-order valence-corrected chi connectivity index (χ0v) is 12.3. The van der Waals surface area contributed by atoms with Crippen LogP contribution < -0.4 is 5.32 Å². The smallest absolute Gasteiger partial charge is 0.0795 e. The maximum atomic E-state index is 6.03. The summed E-state index contributed by atoms with van der Waals surface area (Å²) < 4.78 is 0. The largest absolute Gasteiger partial charge is 0.309 e. The fourth-order valence-corrected chi connectivity index (χ4v) is 2.75. The van der Waals surface area contributed by atoms with Crippen LogP contribution >= 0.6 is 34.5 Å². The lowest BCUT2D eigenvalue weighted by Crippen LogP contribution is -2.23. The molecule has 0 aliphatic heterocycles. The van der Waals surface area contributed by atoms with Gasteiger partial charge in [0.2, 0.25) is 0 Å². The van der Waals surface area contributed by atoms with Crippen LogP contribution in [-0.4, -0.2) is 11.5 Å². The number of nitrogens with one attached hydrogen (secondary N) is 1. The fraction of sp³-hybridized carbons (Fsp3) is 0.308. The molecule has 1 atom stereocenters. The van der Waals surface area contributed by atoms with Crippen molar-refractivity contribution in [1.82, 2.24) is 10.3 Å². The normalized spacial score (nSPS) is 12.6. The van der Waals surface area contributed by atoms with E-state index in [1.807, 2.05) is 23.7 Å². The number of aromatic nitrogens is 1. The van der Waals surface area contributed by atoms with Crippen molar-refractivity contribution in [3.8, 4) is 0 Å². The molecule has 0 aliphatic rings. The Labute approximate surface area is 121 Å². The predicted octanol–water partition coefficient (Wildman–Crippen LogP) is 4.34. The number of rotatable bonds is 5. The Morgan fingerprint density at radius 3 is 2.78 bits per heavy atom. The first-order valence-electron chi connectivity index (χ1n) is 5.76. The molecule has 1 heterocycles. The van der Waals surface area contributed by atoms with E-state index in [2.05, 4.69) is 22.6 Å². The highest BCUT2D eigenvalue weighted by molar-refractivity contribution is 7.07. The van der Waals surface area contributed by atoms with Crippen LogP contribution in [0.5, 0.6) is 0 Å². The molecule has 0 fully saturated rings. The minimum atomic E-state index is 0.221. The van der Waals surface area contributed by atoms with Gasteiger partial charge in [0.15, 0.2) is 0 Å². The van der Waals surface area contributed by atoms with E-state index in [9.17, 15) is 0 Å². The Balaban J connectivity index is 2.16. The molecule has 1 N–H and O–H groups in total. The molecule has 0 aliphatic carbocycles. The Morgan fingerprint density at radius 2 is 2.17 bits per heavy atom. The Bertz CT molecular complexity index is 500. The van der Waals surface area contributed by atoms with Gasteiger partial charge in [-0.05, 0) is 30.7 Å². The highest BCUT2D eigenvalue weighted by Crippen LogP contribution is 2.25. The van der Waals surface area contributed by atoms with Gasteiger partial charge in [-0.15, -0.1) is 11.3 Å². The van der Waals surface area contributed by atoms with Gasteiger partial charge in [0.1, 0.15) is 0 Å². The molecular formula is C13H14Cl2N2S. The quantitative estimate of drug-likeness (QED) is 0.888. The van der Waals surface area contributed by atoms with Crippen molar-refractivity contribution in [3.63, 3.8) is 0 Å². The molecule has 96 valence electrons.